The molecule has 3 N–H and O–H groups in total. The van der Waals surface area contributed by atoms with Crippen molar-refractivity contribution in [2.45, 2.75) is 26.2 Å². The molecule has 0 spiro atoms. The normalized spacial score (nSPS) is 11.3. The number of hydrogen-bond acceptors (Lipinski definition) is 4. The lowest BCUT2D eigenvalue weighted by Crippen LogP contribution is -2.15. The molecule has 0 aliphatic heterocycles. The quantitative estimate of drug-likeness (QED) is 0.735. The summed E-state index contributed by atoms with van der Waals surface area (Å²) < 4.78 is 4.97. The molecule has 2 aromatic rings. The predicted octanol–water partition coefficient (Wildman–Crippen LogP) is 3.24. The van der Waals surface area contributed by atoms with Crippen LogP contribution >= 0.6 is 0 Å². The van der Waals surface area contributed by atoms with Gasteiger partial charge in [0, 0.05) is 5.56 Å². The molecule has 0 fully saturated rings. The summed E-state index contributed by atoms with van der Waals surface area (Å²) in [4.78, 5) is 11.9. The Morgan fingerprint density at radius 1 is 1.20 bits per heavy atom. The van der Waals surface area contributed by atoms with E-state index in [0.29, 0.717) is 5.56 Å². The van der Waals surface area contributed by atoms with Crippen LogP contribution in [0.3, 0.4) is 0 Å². The van der Waals surface area contributed by atoms with Crippen molar-refractivity contribution in [1.82, 2.24) is 0 Å². The molecule has 2 rings (SSSR count). The van der Waals surface area contributed by atoms with Crippen molar-refractivity contribution >= 4 is 11.6 Å². The summed E-state index contributed by atoms with van der Waals surface area (Å²) in [6.45, 7) is 5.78. The smallest absolute Gasteiger partial charge is 0.291 e. The highest BCUT2D eigenvalue weighted by molar-refractivity contribution is 6.04. The fourth-order valence-electron chi connectivity index (χ4n) is 1.89. The summed E-state index contributed by atoms with van der Waals surface area (Å²) in [5, 5.41) is 22.5. The molecule has 20 heavy (non-hydrogen) atoms. The Morgan fingerprint density at radius 2 is 1.90 bits per heavy atom. The van der Waals surface area contributed by atoms with Gasteiger partial charge in [0.2, 0.25) is 0 Å². The zero-order chi connectivity index (χ0) is 14.9. The average Bonchev–Trinajstić information content (AvgIpc) is 2.86. The number of benzene rings is 1. The number of carbonyl (C=O) groups excluding carboxylic acids is 1. The Kier molecular flexibility index (Phi) is 3.44. The number of rotatable bonds is 2. The largest absolute Gasteiger partial charge is 0.506 e. The van der Waals surface area contributed by atoms with Crippen LogP contribution in [-0.2, 0) is 5.41 Å². The van der Waals surface area contributed by atoms with E-state index in [0.717, 1.165) is 0 Å². The van der Waals surface area contributed by atoms with E-state index in [-0.39, 0.29) is 28.4 Å². The lowest BCUT2D eigenvalue weighted by atomic mass is 9.86. The first-order valence-corrected chi connectivity index (χ1v) is 6.21. The molecular formula is C15H17NO4. The Balaban J connectivity index is 2.39. The maximum Gasteiger partial charge on any atom is 0.291 e. The van der Waals surface area contributed by atoms with E-state index in [1.165, 1.54) is 18.4 Å². The molecule has 0 aliphatic carbocycles. The third-order valence-corrected chi connectivity index (χ3v) is 2.95. The molecule has 106 valence electrons. The van der Waals surface area contributed by atoms with Crippen LogP contribution in [0.5, 0.6) is 11.5 Å². The number of carbonyl (C=O) groups is 1. The second-order valence-corrected chi connectivity index (χ2v) is 5.54. The molecule has 1 aromatic heterocycles. The van der Waals surface area contributed by atoms with Crippen LogP contribution in [-0.4, -0.2) is 16.1 Å². The molecule has 0 unspecified atom stereocenters. The third-order valence-electron chi connectivity index (χ3n) is 2.95. The highest BCUT2D eigenvalue weighted by Crippen LogP contribution is 2.41. The van der Waals surface area contributed by atoms with Crippen molar-refractivity contribution in [1.29, 1.82) is 0 Å². The first-order valence-electron chi connectivity index (χ1n) is 6.21. The van der Waals surface area contributed by atoms with Crippen molar-refractivity contribution in [2.75, 3.05) is 5.32 Å². The highest BCUT2D eigenvalue weighted by atomic mass is 16.3. The number of anilines is 1. The van der Waals surface area contributed by atoms with Gasteiger partial charge in [-0.15, -0.1) is 0 Å². The van der Waals surface area contributed by atoms with Crippen LogP contribution in [0.4, 0.5) is 5.69 Å². The summed E-state index contributed by atoms with van der Waals surface area (Å²) in [6.07, 6.45) is 1.38. The molecular weight excluding hydrogens is 258 g/mol. The molecule has 1 amide bonds. The van der Waals surface area contributed by atoms with E-state index < -0.39 is 5.91 Å². The van der Waals surface area contributed by atoms with E-state index >= 15 is 0 Å². The first kappa shape index (κ1) is 14.0. The molecule has 0 atom stereocenters. The standard InChI is InChI=1S/C15H17NO4/c1-15(2,3)9-6-7-10(17)12(13(9)18)16-14(19)11-5-4-8-20-11/h4-8,17-18H,1-3H3,(H,16,19). The van der Waals surface area contributed by atoms with E-state index in [4.69, 9.17) is 4.42 Å². The fraction of sp³-hybridized carbons (Fsp3) is 0.267. The second kappa shape index (κ2) is 4.92. The molecule has 5 heteroatoms. The predicted molar refractivity (Wildman–Crippen MR) is 75.1 cm³/mol. The number of hydrogen-bond donors (Lipinski definition) is 3. The van der Waals surface area contributed by atoms with Crippen molar-refractivity contribution in [3.63, 3.8) is 0 Å². The van der Waals surface area contributed by atoms with Gasteiger partial charge < -0.3 is 19.9 Å². The van der Waals surface area contributed by atoms with E-state index in [2.05, 4.69) is 5.32 Å². The van der Waals surface area contributed by atoms with E-state index in [9.17, 15) is 15.0 Å². The zero-order valence-electron chi connectivity index (χ0n) is 11.6. The van der Waals surface area contributed by atoms with Gasteiger partial charge in [-0.05, 0) is 23.6 Å². The lowest BCUT2D eigenvalue weighted by Gasteiger charge is -2.22. The van der Waals surface area contributed by atoms with Crippen LogP contribution < -0.4 is 5.32 Å². The minimum Gasteiger partial charge on any atom is -0.506 e. The molecule has 1 aromatic carbocycles. The first-order chi connectivity index (χ1) is 9.30. The fourth-order valence-corrected chi connectivity index (χ4v) is 1.89. The minimum atomic E-state index is -0.536. The number of aromatic hydroxyl groups is 2. The maximum absolute atomic E-state index is 11.9. The molecule has 0 aliphatic rings. The minimum absolute atomic E-state index is 0.0150. The van der Waals surface area contributed by atoms with Crippen LogP contribution in [0.1, 0.15) is 36.9 Å². The summed E-state index contributed by atoms with van der Waals surface area (Å²) in [7, 11) is 0. The summed E-state index contributed by atoms with van der Waals surface area (Å²) in [5.41, 5.74) is 0.297. The second-order valence-electron chi connectivity index (χ2n) is 5.54. The third kappa shape index (κ3) is 2.61. The van der Waals surface area contributed by atoms with Crippen molar-refractivity contribution in [3.05, 3.63) is 41.9 Å². The van der Waals surface area contributed by atoms with Gasteiger partial charge in [-0.3, -0.25) is 4.79 Å². The van der Waals surface area contributed by atoms with Gasteiger partial charge in [-0.2, -0.15) is 0 Å². The summed E-state index contributed by atoms with van der Waals surface area (Å²) >= 11 is 0. The van der Waals surface area contributed by atoms with Gasteiger partial charge in [0.05, 0.1) is 6.26 Å². The molecule has 1 heterocycles. The molecule has 0 radical (unpaired) electrons. The van der Waals surface area contributed by atoms with Crippen LogP contribution in [0.25, 0.3) is 0 Å². The number of amides is 1. The Bertz CT molecular complexity index is 624. The molecule has 0 saturated carbocycles. The van der Waals surface area contributed by atoms with Crippen molar-refractivity contribution in [2.24, 2.45) is 0 Å². The van der Waals surface area contributed by atoms with Gasteiger partial charge in [0.15, 0.2) is 5.76 Å². The lowest BCUT2D eigenvalue weighted by molar-refractivity contribution is 0.0995. The summed E-state index contributed by atoms with van der Waals surface area (Å²) in [5.74, 6) is -0.774. The van der Waals surface area contributed by atoms with Gasteiger partial charge >= 0.3 is 0 Å². The van der Waals surface area contributed by atoms with Crippen LogP contribution in [0.2, 0.25) is 0 Å². The highest BCUT2D eigenvalue weighted by Gasteiger charge is 2.23. The molecule has 0 saturated heterocycles. The van der Waals surface area contributed by atoms with E-state index in [1.54, 1.807) is 12.1 Å². The van der Waals surface area contributed by atoms with Crippen LogP contribution in [0, 0.1) is 0 Å². The average molecular weight is 275 g/mol. The summed E-state index contributed by atoms with van der Waals surface area (Å²) in [6, 6.07) is 6.16. The number of nitrogens with one attached hydrogen (secondary N) is 1. The zero-order valence-corrected chi connectivity index (χ0v) is 11.6. The van der Waals surface area contributed by atoms with Crippen LogP contribution in [0.15, 0.2) is 34.9 Å². The Labute approximate surface area is 116 Å². The van der Waals surface area contributed by atoms with Crippen molar-refractivity contribution in [3.8, 4) is 11.5 Å². The molecule has 5 nitrogen and oxygen atoms in total. The van der Waals surface area contributed by atoms with Gasteiger partial charge in [0.25, 0.3) is 5.91 Å². The monoisotopic (exact) mass is 275 g/mol. The van der Waals surface area contributed by atoms with Gasteiger partial charge in [-0.1, -0.05) is 26.8 Å². The van der Waals surface area contributed by atoms with Gasteiger partial charge in [-0.25, -0.2) is 0 Å². The van der Waals surface area contributed by atoms with Gasteiger partial charge in [0.1, 0.15) is 17.2 Å². The Hall–Kier alpha value is -2.43. The number of phenols is 2. The Morgan fingerprint density at radius 3 is 2.45 bits per heavy atom. The van der Waals surface area contributed by atoms with Crippen molar-refractivity contribution < 1.29 is 19.4 Å². The number of furan rings is 1. The molecule has 0 bridgehead atoms. The maximum atomic E-state index is 11.9. The topological polar surface area (TPSA) is 82.7 Å². The SMILES string of the molecule is CC(C)(C)c1ccc(O)c(NC(=O)c2ccco2)c1O. The number of phenolic OH excluding ortho intramolecular Hbond substituents is 2. The van der Waals surface area contributed by atoms with E-state index in [1.807, 2.05) is 20.8 Å².